The lowest BCUT2D eigenvalue weighted by atomic mass is 10.1. The minimum atomic E-state index is -0.139. The molecule has 5 aromatic rings. The van der Waals surface area contributed by atoms with E-state index in [4.69, 9.17) is 5.84 Å². The number of benzene rings is 2. The molecule has 8 nitrogen and oxygen atoms in total. The van der Waals surface area contributed by atoms with E-state index in [9.17, 15) is 4.79 Å². The Kier molecular flexibility index (Phi) is 5.24. The first-order chi connectivity index (χ1) is 15.7. The molecule has 9 heteroatoms. The number of para-hydroxylation sites is 1. The van der Waals surface area contributed by atoms with Crippen molar-refractivity contribution < 1.29 is 4.79 Å². The lowest BCUT2D eigenvalue weighted by molar-refractivity contribution is -0.113. The van der Waals surface area contributed by atoms with E-state index in [2.05, 4.69) is 50.2 Å². The standard InChI is InChI=1S/C23H21N7OS/c1-2-29-19-8-4-3-7-17(19)18-12-16(9-10-20(18)29)26-21(31)14-32-23-28-27-22(30(23)24)15-6-5-11-25-13-15/h3-13H,2,14,24H2,1H3,(H,26,31). The van der Waals surface area contributed by atoms with Gasteiger partial charge in [-0.25, -0.2) is 4.68 Å². The van der Waals surface area contributed by atoms with Crippen molar-refractivity contribution in [2.75, 3.05) is 16.9 Å². The van der Waals surface area contributed by atoms with Crippen LogP contribution in [-0.2, 0) is 11.3 Å². The topological polar surface area (TPSA) is 104 Å². The first kappa shape index (κ1) is 20.1. The number of rotatable bonds is 6. The van der Waals surface area contributed by atoms with Crippen molar-refractivity contribution in [3.8, 4) is 11.4 Å². The highest BCUT2D eigenvalue weighted by Crippen LogP contribution is 2.31. The number of carbonyl (C=O) groups is 1. The molecule has 0 saturated carbocycles. The highest BCUT2D eigenvalue weighted by atomic mass is 32.2. The maximum Gasteiger partial charge on any atom is 0.234 e. The molecule has 0 spiro atoms. The van der Waals surface area contributed by atoms with Crippen LogP contribution < -0.4 is 11.2 Å². The largest absolute Gasteiger partial charge is 0.341 e. The number of nitrogens with zero attached hydrogens (tertiary/aromatic N) is 5. The van der Waals surface area contributed by atoms with Gasteiger partial charge >= 0.3 is 0 Å². The Balaban J connectivity index is 1.32. The second-order valence-electron chi connectivity index (χ2n) is 7.25. The summed E-state index contributed by atoms with van der Waals surface area (Å²) in [4.78, 5) is 16.7. The molecule has 160 valence electrons. The molecule has 0 bridgehead atoms. The second kappa shape index (κ2) is 8.35. The first-order valence-corrected chi connectivity index (χ1v) is 11.2. The van der Waals surface area contributed by atoms with Crippen molar-refractivity contribution in [1.82, 2.24) is 24.4 Å². The molecule has 3 N–H and O–H groups in total. The van der Waals surface area contributed by atoms with Crippen LogP contribution >= 0.6 is 11.8 Å². The average molecular weight is 444 g/mol. The molecule has 3 aromatic heterocycles. The Bertz CT molecular complexity index is 1420. The van der Waals surface area contributed by atoms with Gasteiger partial charge in [0.2, 0.25) is 11.1 Å². The van der Waals surface area contributed by atoms with Crippen molar-refractivity contribution in [1.29, 1.82) is 0 Å². The highest BCUT2D eigenvalue weighted by Gasteiger charge is 2.15. The van der Waals surface area contributed by atoms with Gasteiger partial charge in [-0.15, -0.1) is 10.2 Å². The normalized spacial score (nSPS) is 11.3. The van der Waals surface area contributed by atoms with Crippen molar-refractivity contribution >= 4 is 45.2 Å². The van der Waals surface area contributed by atoms with E-state index >= 15 is 0 Å². The molecule has 0 aliphatic carbocycles. The van der Waals surface area contributed by atoms with Crippen LogP contribution in [0.3, 0.4) is 0 Å². The predicted octanol–water partition coefficient (Wildman–Crippen LogP) is 3.91. The number of nitrogens with one attached hydrogen (secondary N) is 1. The third-order valence-corrected chi connectivity index (χ3v) is 6.23. The Labute approximate surface area is 188 Å². The molecule has 5 rings (SSSR count). The third-order valence-electron chi connectivity index (χ3n) is 5.29. The van der Waals surface area contributed by atoms with Crippen LogP contribution in [-0.4, -0.2) is 36.1 Å². The van der Waals surface area contributed by atoms with Gasteiger partial charge in [0, 0.05) is 52.0 Å². The number of nitrogens with two attached hydrogens (primary N) is 1. The van der Waals surface area contributed by atoms with Crippen LogP contribution in [0.1, 0.15) is 6.92 Å². The van der Waals surface area contributed by atoms with Gasteiger partial charge in [0.05, 0.1) is 5.75 Å². The minimum absolute atomic E-state index is 0.139. The van der Waals surface area contributed by atoms with Gasteiger partial charge in [0.25, 0.3) is 0 Å². The average Bonchev–Trinajstić information content (AvgIpc) is 3.35. The predicted molar refractivity (Wildman–Crippen MR) is 128 cm³/mol. The second-order valence-corrected chi connectivity index (χ2v) is 8.19. The van der Waals surface area contributed by atoms with Crippen LogP contribution in [0, 0.1) is 0 Å². The van der Waals surface area contributed by atoms with Gasteiger partial charge in [0.15, 0.2) is 5.82 Å². The maximum atomic E-state index is 12.6. The summed E-state index contributed by atoms with van der Waals surface area (Å²) in [6.07, 6.45) is 3.35. The van der Waals surface area contributed by atoms with E-state index in [1.807, 2.05) is 30.3 Å². The summed E-state index contributed by atoms with van der Waals surface area (Å²) in [5.74, 6) is 6.64. The van der Waals surface area contributed by atoms with Crippen LogP contribution in [0.5, 0.6) is 0 Å². The van der Waals surface area contributed by atoms with E-state index in [1.165, 1.54) is 27.3 Å². The Hall–Kier alpha value is -3.85. The summed E-state index contributed by atoms with van der Waals surface area (Å²) < 4.78 is 3.65. The molecular formula is C23H21N7OS. The van der Waals surface area contributed by atoms with Gasteiger partial charge in [-0.05, 0) is 43.3 Å². The van der Waals surface area contributed by atoms with Crippen molar-refractivity contribution in [2.45, 2.75) is 18.6 Å². The lowest BCUT2D eigenvalue weighted by Gasteiger charge is -2.07. The third kappa shape index (κ3) is 3.56. The molecule has 2 aromatic carbocycles. The molecule has 0 radical (unpaired) electrons. The summed E-state index contributed by atoms with van der Waals surface area (Å²) in [5.41, 5.74) is 3.86. The van der Waals surface area contributed by atoms with Gasteiger partial charge in [0.1, 0.15) is 0 Å². The molecule has 3 heterocycles. The maximum absolute atomic E-state index is 12.6. The van der Waals surface area contributed by atoms with Crippen molar-refractivity contribution in [3.05, 3.63) is 67.0 Å². The number of pyridine rings is 1. The first-order valence-electron chi connectivity index (χ1n) is 10.2. The molecule has 0 atom stereocenters. The van der Waals surface area contributed by atoms with E-state index < -0.39 is 0 Å². The van der Waals surface area contributed by atoms with Gasteiger partial charge < -0.3 is 15.7 Å². The molecule has 32 heavy (non-hydrogen) atoms. The van der Waals surface area contributed by atoms with Crippen molar-refractivity contribution in [2.24, 2.45) is 0 Å². The molecular weight excluding hydrogens is 422 g/mol. The van der Waals surface area contributed by atoms with Crippen LogP contribution in [0.4, 0.5) is 5.69 Å². The van der Waals surface area contributed by atoms with Crippen molar-refractivity contribution in [3.63, 3.8) is 0 Å². The summed E-state index contributed by atoms with van der Waals surface area (Å²) in [5, 5.41) is 13.9. The molecule has 0 aliphatic heterocycles. The minimum Gasteiger partial charge on any atom is -0.341 e. The molecule has 0 fully saturated rings. The SMILES string of the molecule is CCn1c2ccccc2c2cc(NC(=O)CSc3nnc(-c4cccnc4)n3N)ccc21. The fourth-order valence-electron chi connectivity index (χ4n) is 3.87. The lowest BCUT2D eigenvalue weighted by Crippen LogP contribution is -2.16. The number of aromatic nitrogens is 5. The van der Waals surface area contributed by atoms with Crippen LogP contribution in [0.15, 0.2) is 72.1 Å². The van der Waals surface area contributed by atoms with E-state index in [-0.39, 0.29) is 11.7 Å². The molecule has 0 aliphatic rings. The zero-order valence-corrected chi connectivity index (χ0v) is 18.2. The fraction of sp³-hybridized carbons (Fsp3) is 0.130. The monoisotopic (exact) mass is 443 g/mol. The van der Waals surface area contributed by atoms with E-state index in [0.29, 0.717) is 11.0 Å². The smallest absolute Gasteiger partial charge is 0.234 e. The number of thioether (sulfide) groups is 1. The van der Waals surface area contributed by atoms with Crippen LogP contribution in [0.25, 0.3) is 33.2 Å². The Morgan fingerprint density at radius 2 is 1.91 bits per heavy atom. The summed E-state index contributed by atoms with van der Waals surface area (Å²) in [6, 6.07) is 18.0. The molecule has 1 amide bonds. The van der Waals surface area contributed by atoms with Crippen LogP contribution in [0.2, 0.25) is 0 Å². The number of aryl methyl sites for hydroxylation is 1. The molecule has 0 unspecified atom stereocenters. The Morgan fingerprint density at radius 1 is 1.06 bits per heavy atom. The summed E-state index contributed by atoms with van der Waals surface area (Å²) in [6.45, 7) is 3.02. The molecule has 0 saturated heterocycles. The van der Waals surface area contributed by atoms with Gasteiger partial charge in [-0.3, -0.25) is 9.78 Å². The van der Waals surface area contributed by atoms with E-state index in [1.54, 1.807) is 18.5 Å². The summed E-state index contributed by atoms with van der Waals surface area (Å²) >= 11 is 1.23. The zero-order chi connectivity index (χ0) is 22.1. The summed E-state index contributed by atoms with van der Waals surface area (Å²) in [7, 11) is 0. The number of hydrogen-bond acceptors (Lipinski definition) is 6. The number of hydrogen-bond donors (Lipinski definition) is 2. The number of amides is 1. The number of fused-ring (bicyclic) bond motifs is 3. The zero-order valence-electron chi connectivity index (χ0n) is 17.4. The fourth-order valence-corrected chi connectivity index (χ4v) is 4.52. The number of nitrogen functional groups attached to an aromatic ring is 1. The number of carbonyl (C=O) groups excluding carboxylic acids is 1. The Morgan fingerprint density at radius 3 is 2.72 bits per heavy atom. The number of anilines is 1. The van der Waals surface area contributed by atoms with Gasteiger partial charge in [-0.1, -0.05) is 30.0 Å². The van der Waals surface area contributed by atoms with Gasteiger partial charge in [-0.2, -0.15) is 0 Å². The quantitative estimate of drug-likeness (QED) is 0.305. The van der Waals surface area contributed by atoms with E-state index in [0.717, 1.165) is 28.7 Å². The highest BCUT2D eigenvalue weighted by molar-refractivity contribution is 7.99.